The molecule has 2 aromatic carbocycles. The summed E-state index contributed by atoms with van der Waals surface area (Å²) in [6.45, 7) is 8.48. The fraction of sp³-hybridized carbons (Fsp3) is 0.320. The van der Waals surface area contributed by atoms with Gasteiger partial charge in [0.2, 0.25) is 5.91 Å². The monoisotopic (exact) mass is 391 g/mol. The van der Waals surface area contributed by atoms with Crippen LogP contribution in [0.3, 0.4) is 0 Å². The highest BCUT2D eigenvalue weighted by Gasteiger charge is 2.13. The first kappa shape index (κ1) is 20.7. The summed E-state index contributed by atoms with van der Waals surface area (Å²) in [5.41, 5.74) is 4.92. The third-order valence-electron chi connectivity index (χ3n) is 5.04. The molecule has 152 valence electrons. The third-order valence-corrected chi connectivity index (χ3v) is 5.04. The second-order valence-electron chi connectivity index (χ2n) is 7.46. The van der Waals surface area contributed by atoms with Crippen LogP contribution in [0.2, 0.25) is 0 Å². The number of carbonyl (C=O) groups excluding carboxylic acids is 1. The van der Waals surface area contributed by atoms with Gasteiger partial charge in [-0.1, -0.05) is 30.3 Å². The molecule has 4 nitrogen and oxygen atoms in total. The lowest BCUT2D eigenvalue weighted by atomic mass is 10.0. The minimum atomic E-state index is -0.0884. The van der Waals surface area contributed by atoms with Gasteiger partial charge in [-0.3, -0.25) is 4.79 Å². The number of carbonyl (C=O) groups is 1. The first-order valence-corrected chi connectivity index (χ1v) is 10.2. The fourth-order valence-corrected chi connectivity index (χ4v) is 3.42. The zero-order chi connectivity index (χ0) is 20.8. The van der Waals surface area contributed by atoms with Gasteiger partial charge in [-0.2, -0.15) is 0 Å². The van der Waals surface area contributed by atoms with Crippen molar-refractivity contribution < 1.29 is 13.9 Å². The van der Waals surface area contributed by atoms with E-state index in [1.165, 1.54) is 5.56 Å². The molecule has 0 radical (unpaired) electrons. The molecule has 0 saturated carbocycles. The molecule has 3 rings (SSSR count). The van der Waals surface area contributed by atoms with Crippen molar-refractivity contribution in [3.63, 3.8) is 0 Å². The second kappa shape index (κ2) is 9.46. The predicted octanol–water partition coefficient (Wildman–Crippen LogP) is 5.68. The molecule has 4 heteroatoms. The van der Waals surface area contributed by atoms with E-state index in [1.807, 2.05) is 58.0 Å². The van der Waals surface area contributed by atoms with E-state index in [1.54, 1.807) is 12.3 Å². The first-order chi connectivity index (χ1) is 14.0. The molecule has 0 aliphatic carbocycles. The van der Waals surface area contributed by atoms with Gasteiger partial charge < -0.3 is 14.5 Å². The van der Waals surface area contributed by atoms with Gasteiger partial charge in [0.1, 0.15) is 11.3 Å². The van der Waals surface area contributed by atoms with Crippen LogP contribution >= 0.6 is 0 Å². The smallest absolute Gasteiger partial charge is 0.244 e. The predicted molar refractivity (Wildman–Crippen MR) is 118 cm³/mol. The van der Waals surface area contributed by atoms with Crippen LogP contribution in [-0.4, -0.2) is 18.6 Å². The molecule has 1 unspecified atom stereocenters. The van der Waals surface area contributed by atoms with Gasteiger partial charge in [0, 0.05) is 29.1 Å². The number of hydrogen-bond donors (Lipinski definition) is 1. The van der Waals surface area contributed by atoms with Crippen molar-refractivity contribution in [2.75, 3.05) is 6.61 Å². The summed E-state index contributed by atoms with van der Waals surface area (Å²) in [5.74, 6) is 0.641. The van der Waals surface area contributed by atoms with Gasteiger partial charge in [0.05, 0.1) is 12.9 Å². The number of allylic oxidation sites excluding steroid dienone is 1. The maximum absolute atomic E-state index is 12.6. The topological polar surface area (TPSA) is 51.5 Å². The van der Waals surface area contributed by atoms with Gasteiger partial charge in [-0.25, -0.2) is 0 Å². The Morgan fingerprint density at radius 2 is 2.00 bits per heavy atom. The van der Waals surface area contributed by atoms with Crippen molar-refractivity contribution in [2.24, 2.45) is 0 Å². The van der Waals surface area contributed by atoms with Gasteiger partial charge in [-0.15, -0.1) is 0 Å². The average Bonchev–Trinajstić information content (AvgIpc) is 3.06. The Labute approximate surface area is 172 Å². The largest absolute Gasteiger partial charge is 0.493 e. The Hall–Kier alpha value is -3.01. The van der Waals surface area contributed by atoms with E-state index in [-0.39, 0.29) is 11.9 Å². The van der Waals surface area contributed by atoms with E-state index in [2.05, 4.69) is 17.4 Å². The highest BCUT2D eigenvalue weighted by molar-refractivity contribution is 5.97. The van der Waals surface area contributed by atoms with Crippen molar-refractivity contribution in [1.82, 2.24) is 5.32 Å². The number of furan rings is 1. The molecule has 29 heavy (non-hydrogen) atoms. The van der Waals surface area contributed by atoms with Crippen molar-refractivity contribution in [1.29, 1.82) is 0 Å². The van der Waals surface area contributed by atoms with Crippen LogP contribution in [-0.2, 0) is 11.2 Å². The van der Waals surface area contributed by atoms with Gasteiger partial charge in [0.25, 0.3) is 0 Å². The summed E-state index contributed by atoms with van der Waals surface area (Å²) in [6, 6.07) is 14.4. The molecule has 0 aliphatic rings. The van der Waals surface area contributed by atoms with E-state index in [0.717, 1.165) is 46.3 Å². The highest BCUT2D eigenvalue weighted by Crippen LogP contribution is 2.33. The number of rotatable bonds is 8. The second-order valence-corrected chi connectivity index (χ2v) is 7.46. The summed E-state index contributed by atoms with van der Waals surface area (Å²) >= 11 is 0. The number of nitrogens with one attached hydrogen (secondary N) is 1. The van der Waals surface area contributed by atoms with Crippen LogP contribution in [0.25, 0.3) is 16.5 Å². The molecule has 0 bridgehead atoms. The van der Waals surface area contributed by atoms with Crippen molar-refractivity contribution in [3.05, 3.63) is 71.5 Å². The lowest BCUT2D eigenvalue weighted by molar-refractivity contribution is -0.117. The van der Waals surface area contributed by atoms with E-state index >= 15 is 0 Å². The van der Waals surface area contributed by atoms with Crippen LogP contribution in [0, 0.1) is 6.92 Å². The zero-order valence-corrected chi connectivity index (χ0v) is 17.6. The summed E-state index contributed by atoms with van der Waals surface area (Å²) in [6.07, 6.45) is 5.23. The minimum Gasteiger partial charge on any atom is -0.493 e. The molecular formula is C25H29NO3. The van der Waals surface area contributed by atoms with Gasteiger partial charge >= 0.3 is 0 Å². The molecule has 1 aromatic heterocycles. The molecule has 3 aromatic rings. The molecule has 0 saturated heterocycles. The van der Waals surface area contributed by atoms with Crippen molar-refractivity contribution >= 4 is 22.4 Å². The Kier molecular flexibility index (Phi) is 6.76. The van der Waals surface area contributed by atoms with Crippen molar-refractivity contribution in [2.45, 2.75) is 46.6 Å². The summed E-state index contributed by atoms with van der Waals surface area (Å²) in [4.78, 5) is 12.6. The molecule has 0 aliphatic heterocycles. The van der Waals surface area contributed by atoms with E-state index in [0.29, 0.717) is 6.61 Å². The molecule has 1 atom stereocenters. The number of aryl methyl sites for hydroxylation is 2. The third kappa shape index (κ3) is 5.29. The van der Waals surface area contributed by atoms with E-state index in [9.17, 15) is 4.79 Å². The van der Waals surface area contributed by atoms with E-state index < -0.39 is 0 Å². The number of ether oxygens (including phenoxy) is 1. The SMILES string of the molecule is CCOc1cc2occ(C)c2cc1/C(C)=C/C(=O)NC(C)CCc1ccccc1. The number of benzene rings is 2. The molecule has 1 amide bonds. The average molecular weight is 392 g/mol. The molecular weight excluding hydrogens is 362 g/mol. The lowest BCUT2D eigenvalue weighted by Gasteiger charge is -2.14. The Morgan fingerprint density at radius 1 is 1.24 bits per heavy atom. The highest BCUT2D eigenvalue weighted by atomic mass is 16.5. The number of hydrogen-bond acceptors (Lipinski definition) is 3. The Bertz CT molecular complexity index is 1000. The van der Waals surface area contributed by atoms with E-state index in [4.69, 9.17) is 9.15 Å². The van der Waals surface area contributed by atoms with Gasteiger partial charge in [-0.05, 0) is 63.3 Å². The maximum atomic E-state index is 12.6. The first-order valence-electron chi connectivity index (χ1n) is 10.2. The zero-order valence-electron chi connectivity index (χ0n) is 17.6. The molecule has 0 fully saturated rings. The summed E-state index contributed by atoms with van der Waals surface area (Å²) < 4.78 is 11.4. The maximum Gasteiger partial charge on any atom is 0.244 e. The molecule has 0 spiro atoms. The summed E-state index contributed by atoms with van der Waals surface area (Å²) in [7, 11) is 0. The van der Waals surface area contributed by atoms with Crippen molar-refractivity contribution in [3.8, 4) is 5.75 Å². The van der Waals surface area contributed by atoms with Crippen LogP contribution < -0.4 is 10.1 Å². The standard InChI is InChI=1S/C25H29NO3/c1-5-28-23-15-24-22(18(3)16-29-24)14-21(23)17(2)13-25(27)26-19(4)11-12-20-9-7-6-8-10-20/h6-10,13-16,19H,5,11-12H2,1-4H3,(H,26,27)/b17-13+. The van der Waals surface area contributed by atoms with Crippen LogP contribution in [0.1, 0.15) is 43.9 Å². The fourth-order valence-electron chi connectivity index (χ4n) is 3.42. The number of amides is 1. The molecule has 1 heterocycles. The molecule has 1 N–H and O–H groups in total. The minimum absolute atomic E-state index is 0.0884. The van der Waals surface area contributed by atoms with Crippen LogP contribution in [0.4, 0.5) is 0 Å². The lowest BCUT2D eigenvalue weighted by Crippen LogP contribution is -2.31. The normalized spacial score (nSPS) is 12.8. The van der Waals surface area contributed by atoms with Gasteiger partial charge in [0.15, 0.2) is 0 Å². The quantitative estimate of drug-likeness (QED) is 0.503. The van der Waals surface area contributed by atoms with Crippen LogP contribution in [0.5, 0.6) is 5.75 Å². The Morgan fingerprint density at radius 3 is 2.72 bits per heavy atom. The Balaban J connectivity index is 1.71. The summed E-state index contributed by atoms with van der Waals surface area (Å²) in [5, 5.41) is 4.11. The van der Waals surface area contributed by atoms with Crippen LogP contribution in [0.15, 0.2) is 59.2 Å². The number of fused-ring (bicyclic) bond motifs is 1.